The molecule has 1 aromatic rings. The average molecular weight is 504 g/mol. The molecule has 0 amide bonds. The largest absolute Gasteiger partial charge is 0.493 e. The molecule has 1 aromatic carbocycles. The minimum Gasteiger partial charge on any atom is -0.493 e. The van der Waals surface area contributed by atoms with Gasteiger partial charge in [-0.1, -0.05) is 26.0 Å². The van der Waals surface area contributed by atoms with Gasteiger partial charge in [-0.15, -0.1) is 24.0 Å². The Morgan fingerprint density at radius 2 is 1.89 bits per heavy atom. The topological polar surface area (TPSA) is 58.1 Å². The summed E-state index contributed by atoms with van der Waals surface area (Å²) in [5.41, 5.74) is 1.29. The predicted octanol–water partition coefficient (Wildman–Crippen LogP) is 2.77. The predicted molar refractivity (Wildman–Crippen MR) is 127 cm³/mol. The lowest BCUT2D eigenvalue weighted by molar-refractivity contribution is 0.0394. The van der Waals surface area contributed by atoms with Gasteiger partial charge < -0.3 is 20.1 Å². The van der Waals surface area contributed by atoms with Crippen molar-refractivity contribution in [2.45, 2.75) is 27.2 Å². The first-order valence-electron chi connectivity index (χ1n) is 10.2. The van der Waals surface area contributed by atoms with Crippen LogP contribution in [0.1, 0.15) is 26.3 Å². The van der Waals surface area contributed by atoms with Crippen LogP contribution in [0, 0.1) is 5.92 Å². The van der Waals surface area contributed by atoms with Crippen LogP contribution in [0.2, 0.25) is 0 Å². The number of guanidine groups is 1. The molecule has 2 rings (SSSR count). The van der Waals surface area contributed by atoms with E-state index in [0.29, 0.717) is 5.92 Å². The van der Waals surface area contributed by atoms with E-state index < -0.39 is 0 Å². The highest BCUT2D eigenvalue weighted by Gasteiger charge is 2.09. The van der Waals surface area contributed by atoms with Gasteiger partial charge in [-0.25, -0.2) is 0 Å². The van der Waals surface area contributed by atoms with Gasteiger partial charge in [0, 0.05) is 32.7 Å². The van der Waals surface area contributed by atoms with Gasteiger partial charge in [0.1, 0.15) is 5.75 Å². The van der Waals surface area contributed by atoms with E-state index in [-0.39, 0.29) is 24.0 Å². The second-order valence-corrected chi connectivity index (χ2v) is 7.24. The maximum atomic E-state index is 5.73. The molecule has 0 radical (unpaired) electrons. The van der Waals surface area contributed by atoms with E-state index in [4.69, 9.17) is 9.47 Å². The standard InChI is InChI=1S/C21H36N4O2.HI/c1-4-22-21(24-11-12-25-13-15-26-16-14-25)23-10-9-19-5-7-20(8-6-19)27-17-18(2)3;/h5-8,18H,4,9-17H2,1-3H3,(H2,22,23,24);1H. The molecule has 6 nitrogen and oxygen atoms in total. The summed E-state index contributed by atoms with van der Waals surface area (Å²) in [7, 11) is 0. The van der Waals surface area contributed by atoms with Crippen LogP contribution in [0.5, 0.6) is 5.75 Å². The number of ether oxygens (including phenoxy) is 2. The molecule has 7 heteroatoms. The number of hydrogen-bond acceptors (Lipinski definition) is 4. The normalized spacial score (nSPS) is 15.2. The number of rotatable bonds is 10. The number of benzene rings is 1. The van der Waals surface area contributed by atoms with Gasteiger partial charge in [-0.2, -0.15) is 0 Å². The van der Waals surface area contributed by atoms with Crippen molar-refractivity contribution in [3.05, 3.63) is 29.8 Å². The first-order chi connectivity index (χ1) is 13.2. The Morgan fingerprint density at radius 1 is 1.18 bits per heavy atom. The third-order valence-electron chi connectivity index (χ3n) is 4.35. The van der Waals surface area contributed by atoms with Crippen LogP contribution in [-0.2, 0) is 11.2 Å². The number of morpholine rings is 1. The average Bonchev–Trinajstić information content (AvgIpc) is 2.68. The molecule has 1 aliphatic heterocycles. The van der Waals surface area contributed by atoms with Gasteiger partial charge in [0.2, 0.25) is 0 Å². The molecule has 0 aliphatic carbocycles. The van der Waals surface area contributed by atoms with Crippen LogP contribution in [0.3, 0.4) is 0 Å². The highest BCUT2D eigenvalue weighted by atomic mass is 127. The van der Waals surface area contributed by atoms with E-state index in [1.807, 2.05) is 0 Å². The monoisotopic (exact) mass is 504 g/mol. The van der Waals surface area contributed by atoms with Crippen molar-refractivity contribution in [1.82, 2.24) is 15.5 Å². The summed E-state index contributed by atoms with van der Waals surface area (Å²) >= 11 is 0. The summed E-state index contributed by atoms with van der Waals surface area (Å²) in [6.07, 6.45) is 0.957. The molecular weight excluding hydrogens is 467 g/mol. The van der Waals surface area contributed by atoms with Crippen molar-refractivity contribution in [1.29, 1.82) is 0 Å². The molecule has 0 saturated carbocycles. The molecule has 0 bridgehead atoms. The van der Waals surface area contributed by atoms with Gasteiger partial charge in [-0.3, -0.25) is 9.89 Å². The molecule has 0 unspecified atom stereocenters. The lowest BCUT2D eigenvalue weighted by atomic mass is 10.1. The molecule has 1 fully saturated rings. The second-order valence-electron chi connectivity index (χ2n) is 7.24. The first kappa shape index (κ1) is 25.0. The zero-order valence-corrected chi connectivity index (χ0v) is 19.9. The van der Waals surface area contributed by atoms with Crippen LogP contribution >= 0.6 is 24.0 Å². The fourth-order valence-electron chi connectivity index (χ4n) is 2.81. The summed E-state index contributed by atoms with van der Waals surface area (Å²) in [5.74, 6) is 2.38. The lowest BCUT2D eigenvalue weighted by Gasteiger charge is -2.25. The summed E-state index contributed by atoms with van der Waals surface area (Å²) < 4.78 is 11.1. The number of aliphatic imine (C=N–C) groups is 1. The molecule has 0 spiro atoms. The quantitative estimate of drug-likeness (QED) is 0.292. The van der Waals surface area contributed by atoms with Crippen molar-refractivity contribution in [3.8, 4) is 5.75 Å². The van der Waals surface area contributed by atoms with Crippen LogP contribution in [-0.4, -0.2) is 69.9 Å². The van der Waals surface area contributed by atoms with E-state index in [9.17, 15) is 0 Å². The van der Waals surface area contributed by atoms with Crippen LogP contribution in [0.15, 0.2) is 29.3 Å². The summed E-state index contributed by atoms with van der Waals surface area (Å²) in [4.78, 5) is 7.09. The Kier molecular flexibility index (Phi) is 13.3. The molecule has 1 heterocycles. The molecule has 2 N–H and O–H groups in total. The van der Waals surface area contributed by atoms with Gasteiger partial charge in [-0.05, 0) is 37.0 Å². The Morgan fingerprint density at radius 3 is 2.54 bits per heavy atom. The van der Waals surface area contributed by atoms with E-state index in [1.165, 1.54) is 5.56 Å². The Labute approximate surface area is 187 Å². The third kappa shape index (κ3) is 10.5. The van der Waals surface area contributed by atoms with Crippen molar-refractivity contribution < 1.29 is 9.47 Å². The molecule has 28 heavy (non-hydrogen) atoms. The third-order valence-corrected chi connectivity index (χ3v) is 4.35. The Bertz CT molecular complexity index is 546. The SMILES string of the molecule is CCNC(=NCCN1CCOCC1)NCCc1ccc(OCC(C)C)cc1.I. The molecular formula is C21H37IN4O2. The minimum atomic E-state index is 0. The Balaban J connectivity index is 0.00000392. The summed E-state index contributed by atoms with van der Waals surface area (Å²) in [5, 5.41) is 6.74. The van der Waals surface area contributed by atoms with Gasteiger partial charge in [0.05, 0.1) is 26.4 Å². The first-order valence-corrected chi connectivity index (χ1v) is 10.2. The van der Waals surface area contributed by atoms with Crippen LogP contribution in [0.25, 0.3) is 0 Å². The van der Waals surface area contributed by atoms with Crippen molar-refractivity contribution in [2.75, 3.05) is 59.1 Å². The highest BCUT2D eigenvalue weighted by molar-refractivity contribution is 14.0. The van der Waals surface area contributed by atoms with Crippen molar-refractivity contribution >= 4 is 29.9 Å². The van der Waals surface area contributed by atoms with Gasteiger partial charge in [0.15, 0.2) is 5.96 Å². The summed E-state index contributed by atoms with van der Waals surface area (Å²) in [6.45, 7) is 14.4. The van der Waals surface area contributed by atoms with E-state index in [0.717, 1.165) is 77.2 Å². The van der Waals surface area contributed by atoms with Crippen LogP contribution < -0.4 is 15.4 Å². The number of halogens is 1. The maximum Gasteiger partial charge on any atom is 0.191 e. The lowest BCUT2D eigenvalue weighted by Crippen LogP contribution is -2.40. The minimum absolute atomic E-state index is 0. The zero-order valence-electron chi connectivity index (χ0n) is 17.6. The Hall–Kier alpha value is -1.06. The maximum absolute atomic E-state index is 5.73. The van der Waals surface area contributed by atoms with E-state index >= 15 is 0 Å². The van der Waals surface area contributed by atoms with E-state index in [1.54, 1.807) is 0 Å². The van der Waals surface area contributed by atoms with Gasteiger partial charge in [0.25, 0.3) is 0 Å². The molecule has 0 aromatic heterocycles. The van der Waals surface area contributed by atoms with E-state index in [2.05, 4.69) is 65.6 Å². The molecule has 1 aliphatic rings. The van der Waals surface area contributed by atoms with Crippen molar-refractivity contribution in [2.24, 2.45) is 10.9 Å². The fourth-order valence-corrected chi connectivity index (χ4v) is 2.81. The fraction of sp³-hybridized carbons (Fsp3) is 0.667. The second kappa shape index (κ2) is 14.9. The van der Waals surface area contributed by atoms with Gasteiger partial charge >= 0.3 is 0 Å². The highest BCUT2D eigenvalue weighted by Crippen LogP contribution is 2.13. The zero-order chi connectivity index (χ0) is 19.3. The smallest absolute Gasteiger partial charge is 0.191 e. The number of nitrogens with zero attached hydrogens (tertiary/aromatic N) is 2. The van der Waals surface area contributed by atoms with Crippen LogP contribution in [0.4, 0.5) is 0 Å². The molecule has 160 valence electrons. The number of hydrogen-bond donors (Lipinski definition) is 2. The number of nitrogens with one attached hydrogen (secondary N) is 2. The molecule has 0 atom stereocenters. The molecule has 1 saturated heterocycles. The van der Waals surface area contributed by atoms with Crippen molar-refractivity contribution in [3.63, 3.8) is 0 Å². The summed E-state index contributed by atoms with van der Waals surface area (Å²) in [6, 6.07) is 8.39.